The number of carbonyl (C=O) groups excluding carboxylic acids is 1. The molecule has 0 aromatic heterocycles. The van der Waals surface area contributed by atoms with Crippen molar-refractivity contribution in [2.24, 2.45) is 0 Å². The van der Waals surface area contributed by atoms with Gasteiger partial charge in [-0.25, -0.2) is 0 Å². The topological polar surface area (TPSA) is 79.2 Å². The third kappa shape index (κ3) is 6.89. The smallest absolute Gasteiger partial charge is 0.254 e. The second-order valence-corrected chi connectivity index (χ2v) is 8.50. The summed E-state index contributed by atoms with van der Waals surface area (Å²) in [6, 6.07) is 1.60. The number of amides is 1. The third-order valence-electron chi connectivity index (χ3n) is 5.56. The van der Waals surface area contributed by atoms with Crippen LogP contribution in [0.3, 0.4) is 0 Å². The van der Waals surface area contributed by atoms with Crippen LogP contribution >= 0.6 is 0 Å². The quantitative estimate of drug-likeness (QED) is 0.437. The maximum atomic E-state index is 12.4. The van der Waals surface area contributed by atoms with E-state index in [1.165, 1.54) is 28.7 Å². The number of rotatable bonds is 12. The Balaban J connectivity index is 1.96. The van der Waals surface area contributed by atoms with Crippen molar-refractivity contribution in [3.05, 3.63) is 52.1 Å². The number of benzene rings is 1. The number of phenols is 1. The number of methoxy groups -OCH3 is 1. The number of phenolic OH excluding ortho intramolecular Hbond substituents is 1. The summed E-state index contributed by atoms with van der Waals surface area (Å²) in [5.74, 6) is 0.258. The largest absolute Gasteiger partial charge is 0.504 e. The van der Waals surface area contributed by atoms with Crippen LogP contribution in [-0.2, 0) is 6.54 Å². The second-order valence-electron chi connectivity index (χ2n) is 8.50. The normalized spacial score (nSPS) is 13.9. The van der Waals surface area contributed by atoms with Gasteiger partial charge in [-0.1, -0.05) is 28.9 Å². The molecule has 0 spiro atoms. The molecule has 6 heteroatoms. The Hall–Kier alpha value is -2.73. The Morgan fingerprint density at radius 3 is 2.38 bits per heavy atom. The van der Waals surface area contributed by atoms with Gasteiger partial charge >= 0.3 is 0 Å². The number of hydrogen-bond donors (Lipinski definition) is 2. The minimum atomic E-state index is -0.228. The number of aliphatic hydroxyl groups excluding tert-OH is 1. The van der Waals surface area contributed by atoms with E-state index in [0.717, 1.165) is 25.7 Å². The molecule has 0 saturated carbocycles. The van der Waals surface area contributed by atoms with Crippen molar-refractivity contribution in [3.8, 4) is 17.2 Å². The number of aliphatic hydroxyl groups is 1. The van der Waals surface area contributed by atoms with Gasteiger partial charge in [0.15, 0.2) is 11.5 Å². The molecule has 1 aromatic rings. The van der Waals surface area contributed by atoms with Crippen LogP contribution in [0.25, 0.3) is 0 Å². The van der Waals surface area contributed by atoms with Gasteiger partial charge in [0.25, 0.3) is 5.91 Å². The SMILES string of the molecule is COc1cc2c(c(O)c1OCC=C(C)CCC=C(C)CCC=C(C)C)CN(CCO)C2=O. The van der Waals surface area contributed by atoms with Gasteiger partial charge in [-0.3, -0.25) is 4.79 Å². The molecule has 1 amide bonds. The molecule has 1 heterocycles. The zero-order chi connectivity index (χ0) is 23.7. The summed E-state index contributed by atoms with van der Waals surface area (Å²) in [5.41, 5.74) is 4.87. The predicted octanol–water partition coefficient (Wildman–Crippen LogP) is 5.15. The second kappa shape index (κ2) is 12.3. The summed E-state index contributed by atoms with van der Waals surface area (Å²) in [5, 5.41) is 19.9. The van der Waals surface area contributed by atoms with Gasteiger partial charge in [-0.05, 0) is 65.5 Å². The fourth-order valence-corrected chi connectivity index (χ4v) is 3.65. The summed E-state index contributed by atoms with van der Waals surface area (Å²) in [6.07, 6.45) is 10.7. The van der Waals surface area contributed by atoms with E-state index < -0.39 is 0 Å². The molecule has 0 aliphatic carbocycles. The zero-order valence-electron chi connectivity index (χ0n) is 20.0. The summed E-state index contributed by atoms with van der Waals surface area (Å²) < 4.78 is 11.2. The highest BCUT2D eigenvalue weighted by molar-refractivity contribution is 6.00. The van der Waals surface area contributed by atoms with Gasteiger partial charge in [0.2, 0.25) is 5.75 Å². The highest BCUT2D eigenvalue weighted by Crippen LogP contribution is 2.44. The molecule has 0 radical (unpaired) electrons. The minimum absolute atomic E-state index is 0.0749. The Morgan fingerprint density at radius 2 is 1.75 bits per heavy atom. The number of fused-ring (bicyclic) bond motifs is 1. The average molecular weight is 444 g/mol. The van der Waals surface area contributed by atoms with E-state index in [1.54, 1.807) is 6.07 Å². The van der Waals surface area contributed by atoms with Crippen LogP contribution in [0.15, 0.2) is 41.0 Å². The first-order valence-corrected chi connectivity index (χ1v) is 11.2. The van der Waals surface area contributed by atoms with Crippen LogP contribution in [0.1, 0.15) is 69.3 Å². The first-order valence-electron chi connectivity index (χ1n) is 11.2. The molecule has 1 aliphatic rings. The Kier molecular flexibility index (Phi) is 9.85. The molecule has 0 atom stereocenters. The summed E-state index contributed by atoms with van der Waals surface area (Å²) in [4.78, 5) is 13.9. The maximum Gasteiger partial charge on any atom is 0.254 e. The van der Waals surface area contributed by atoms with Gasteiger partial charge in [-0.15, -0.1) is 0 Å². The van der Waals surface area contributed by atoms with Crippen LogP contribution < -0.4 is 9.47 Å². The fourth-order valence-electron chi connectivity index (χ4n) is 3.65. The van der Waals surface area contributed by atoms with E-state index >= 15 is 0 Å². The van der Waals surface area contributed by atoms with Crippen molar-refractivity contribution >= 4 is 5.91 Å². The van der Waals surface area contributed by atoms with Gasteiger partial charge in [-0.2, -0.15) is 0 Å². The number of allylic oxidation sites excluding steroid dienone is 5. The van der Waals surface area contributed by atoms with Gasteiger partial charge in [0, 0.05) is 12.1 Å². The van der Waals surface area contributed by atoms with Crippen molar-refractivity contribution in [2.75, 3.05) is 26.9 Å². The number of hydrogen-bond acceptors (Lipinski definition) is 5. The van der Waals surface area contributed by atoms with Crippen molar-refractivity contribution in [1.82, 2.24) is 4.90 Å². The standard InChI is InChI=1S/C26H37NO5/c1-18(2)8-6-9-19(3)10-7-11-20(4)12-15-32-25-23(31-5)16-21-22(24(25)29)17-27(13-14-28)26(21)30/h8,10,12,16,28-29H,6-7,9,11,13-15,17H2,1-5H3. The summed E-state index contributed by atoms with van der Waals surface area (Å²) in [6.45, 7) is 9.13. The van der Waals surface area contributed by atoms with Crippen molar-refractivity contribution in [2.45, 2.75) is 59.9 Å². The summed E-state index contributed by atoms with van der Waals surface area (Å²) in [7, 11) is 1.48. The molecule has 2 rings (SSSR count). The molecule has 1 aliphatic heterocycles. The molecule has 0 bridgehead atoms. The Morgan fingerprint density at radius 1 is 1.09 bits per heavy atom. The predicted molar refractivity (Wildman–Crippen MR) is 127 cm³/mol. The third-order valence-corrected chi connectivity index (χ3v) is 5.56. The highest BCUT2D eigenvalue weighted by atomic mass is 16.5. The lowest BCUT2D eigenvalue weighted by atomic mass is 10.1. The first kappa shape index (κ1) is 25.5. The lowest BCUT2D eigenvalue weighted by Crippen LogP contribution is -2.26. The minimum Gasteiger partial charge on any atom is -0.504 e. The Labute approximate surface area is 191 Å². The molecule has 0 fully saturated rings. The van der Waals surface area contributed by atoms with Crippen molar-refractivity contribution in [1.29, 1.82) is 0 Å². The lowest BCUT2D eigenvalue weighted by molar-refractivity contribution is 0.0745. The maximum absolute atomic E-state index is 12.4. The van der Waals surface area contributed by atoms with E-state index in [-0.39, 0.29) is 37.1 Å². The molecular weight excluding hydrogens is 406 g/mol. The van der Waals surface area contributed by atoms with Crippen LogP contribution in [0, 0.1) is 0 Å². The Bertz CT molecular complexity index is 894. The van der Waals surface area contributed by atoms with Crippen molar-refractivity contribution in [3.63, 3.8) is 0 Å². The van der Waals surface area contributed by atoms with E-state index in [0.29, 0.717) is 23.5 Å². The van der Waals surface area contributed by atoms with Crippen LogP contribution in [0.2, 0.25) is 0 Å². The lowest BCUT2D eigenvalue weighted by Gasteiger charge is -2.14. The molecule has 1 aromatic carbocycles. The van der Waals surface area contributed by atoms with Gasteiger partial charge < -0.3 is 24.6 Å². The van der Waals surface area contributed by atoms with Crippen LogP contribution in [0.4, 0.5) is 0 Å². The van der Waals surface area contributed by atoms with Crippen molar-refractivity contribution < 1.29 is 24.5 Å². The van der Waals surface area contributed by atoms with Gasteiger partial charge in [0.05, 0.1) is 25.8 Å². The molecular formula is C26H37NO5. The van der Waals surface area contributed by atoms with E-state index in [2.05, 4.69) is 39.8 Å². The van der Waals surface area contributed by atoms with Crippen LogP contribution in [0.5, 0.6) is 17.2 Å². The average Bonchev–Trinajstić information content (AvgIpc) is 3.05. The molecule has 2 N–H and O–H groups in total. The number of β-amino-alcohol motifs (C(OH)–C–C–N with tert-alkyl or cyclic N) is 1. The molecule has 176 valence electrons. The molecule has 0 unspecified atom stereocenters. The summed E-state index contributed by atoms with van der Waals surface area (Å²) >= 11 is 0. The number of ether oxygens (including phenoxy) is 2. The van der Waals surface area contributed by atoms with E-state index in [4.69, 9.17) is 14.6 Å². The number of aromatic hydroxyl groups is 1. The number of nitrogens with zero attached hydrogens (tertiary/aromatic N) is 1. The van der Waals surface area contributed by atoms with E-state index in [9.17, 15) is 9.90 Å². The van der Waals surface area contributed by atoms with E-state index in [1.807, 2.05) is 6.08 Å². The first-order chi connectivity index (χ1) is 15.3. The van der Waals surface area contributed by atoms with Gasteiger partial charge in [0.1, 0.15) is 6.61 Å². The monoisotopic (exact) mass is 443 g/mol. The molecule has 6 nitrogen and oxygen atoms in total. The highest BCUT2D eigenvalue weighted by Gasteiger charge is 2.33. The molecule has 32 heavy (non-hydrogen) atoms. The molecule has 0 saturated heterocycles. The zero-order valence-corrected chi connectivity index (χ0v) is 20.0. The van der Waals surface area contributed by atoms with Crippen LogP contribution in [-0.4, -0.2) is 47.9 Å². The fraction of sp³-hybridized carbons (Fsp3) is 0.500. The number of carbonyl (C=O) groups is 1.